The third kappa shape index (κ3) is 3.52. The summed E-state index contributed by atoms with van der Waals surface area (Å²) >= 11 is 1.38. The minimum atomic E-state index is -0.223. The highest BCUT2D eigenvalue weighted by molar-refractivity contribution is 7.99. The molecule has 0 aromatic heterocycles. The van der Waals surface area contributed by atoms with Crippen molar-refractivity contribution < 1.29 is 9.13 Å². The van der Waals surface area contributed by atoms with Crippen LogP contribution < -0.4 is 10.5 Å². The lowest BCUT2D eigenvalue weighted by Crippen LogP contribution is -2.18. The molecule has 0 fully saturated rings. The predicted octanol–water partition coefficient (Wildman–Crippen LogP) is 3.88. The van der Waals surface area contributed by atoms with Gasteiger partial charge in [-0.3, -0.25) is 0 Å². The largest absolute Gasteiger partial charge is 0.496 e. The van der Waals surface area contributed by atoms with E-state index in [1.165, 1.54) is 17.8 Å². The molecule has 0 bridgehead atoms. The second kappa shape index (κ2) is 6.77. The smallest absolute Gasteiger partial charge is 0.137 e. The molecule has 106 valence electrons. The van der Waals surface area contributed by atoms with E-state index in [0.717, 1.165) is 16.2 Å². The molecule has 1 unspecified atom stereocenters. The van der Waals surface area contributed by atoms with Gasteiger partial charge in [-0.05, 0) is 37.1 Å². The molecule has 20 heavy (non-hydrogen) atoms. The minimum Gasteiger partial charge on any atom is -0.496 e. The molecule has 2 N–H and O–H groups in total. The summed E-state index contributed by atoms with van der Waals surface area (Å²) in [5, 5.41) is 0. The van der Waals surface area contributed by atoms with Crippen molar-refractivity contribution in [3.05, 3.63) is 53.8 Å². The first-order valence-corrected chi connectivity index (χ1v) is 7.27. The molecule has 1 atom stereocenters. The van der Waals surface area contributed by atoms with E-state index < -0.39 is 0 Å². The van der Waals surface area contributed by atoms with E-state index >= 15 is 0 Å². The fraction of sp³-hybridized carbons (Fsp3) is 0.250. The van der Waals surface area contributed by atoms with E-state index in [4.69, 9.17) is 10.5 Å². The van der Waals surface area contributed by atoms with Crippen molar-refractivity contribution in [1.82, 2.24) is 0 Å². The van der Waals surface area contributed by atoms with Gasteiger partial charge in [-0.25, -0.2) is 4.39 Å². The van der Waals surface area contributed by atoms with Gasteiger partial charge in [-0.1, -0.05) is 36.0 Å². The van der Waals surface area contributed by atoms with E-state index in [9.17, 15) is 4.39 Å². The summed E-state index contributed by atoms with van der Waals surface area (Å²) < 4.78 is 19.4. The summed E-state index contributed by atoms with van der Waals surface area (Å²) in [4.78, 5) is 1.51. The Morgan fingerprint density at radius 3 is 2.65 bits per heavy atom. The molecule has 0 heterocycles. The highest BCUT2D eigenvalue weighted by Gasteiger charge is 2.13. The number of nitrogens with two attached hydrogens (primary N) is 1. The molecule has 0 aliphatic carbocycles. The van der Waals surface area contributed by atoms with Crippen LogP contribution in [0.25, 0.3) is 0 Å². The van der Waals surface area contributed by atoms with Crippen LogP contribution in [0.2, 0.25) is 0 Å². The van der Waals surface area contributed by atoms with Gasteiger partial charge in [-0.15, -0.1) is 0 Å². The SMILES string of the molecule is COc1ccccc1Sc1c(F)cccc1CC(C)N. The summed E-state index contributed by atoms with van der Waals surface area (Å²) in [5.41, 5.74) is 6.76. The first-order chi connectivity index (χ1) is 9.61. The van der Waals surface area contributed by atoms with Gasteiger partial charge in [0.2, 0.25) is 0 Å². The van der Waals surface area contributed by atoms with Crippen LogP contribution in [0.5, 0.6) is 5.75 Å². The minimum absolute atomic E-state index is 0.00572. The lowest BCUT2D eigenvalue weighted by atomic mass is 10.1. The third-order valence-corrected chi connectivity index (χ3v) is 4.09. The summed E-state index contributed by atoms with van der Waals surface area (Å²) in [6, 6.07) is 12.7. The van der Waals surface area contributed by atoms with Crippen molar-refractivity contribution in [2.45, 2.75) is 29.2 Å². The average Bonchev–Trinajstić information content (AvgIpc) is 2.42. The van der Waals surface area contributed by atoms with Crippen molar-refractivity contribution in [3.63, 3.8) is 0 Å². The van der Waals surface area contributed by atoms with Gasteiger partial charge in [0, 0.05) is 6.04 Å². The van der Waals surface area contributed by atoms with Gasteiger partial charge in [0.05, 0.1) is 16.9 Å². The number of hydrogen-bond acceptors (Lipinski definition) is 3. The normalized spacial score (nSPS) is 12.2. The van der Waals surface area contributed by atoms with E-state index in [-0.39, 0.29) is 11.9 Å². The van der Waals surface area contributed by atoms with Crippen molar-refractivity contribution >= 4 is 11.8 Å². The first kappa shape index (κ1) is 14.9. The zero-order valence-corrected chi connectivity index (χ0v) is 12.4. The summed E-state index contributed by atoms with van der Waals surface area (Å²) in [6.45, 7) is 1.92. The molecular weight excluding hydrogens is 273 g/mol. The fourth-order valence-electron chi connectivity index (χ4n) is 1.99. The molecule has 0 saturated carbocycles. The number of rotatable bonds is 5. The maximum Gasteiger partial charge on any atom is 0.137 e. The molecule has 0 aliphatic heterocycles. The Morgan fingerprint density at radius 2 is 1.95 bits per heavy atom. The van der Waals surface area contributed by atoms with Gasteiger partial charge in [0.25, 0.3) is 0 Å². The van der Waals surface area contributed by atoms with Crippen LogP contribution in [0.3, 0.4) is 0 Å². The second-order valence-corrected chi connectivity index (χ2v) is 5.71. The van der Waals surface area contributed by atoms with Gasteiger partial charge in [-0.2, -0.15) is 0 Å². The molecule has 0 aliphatic rings. The maximum atomic E-state index is 14.1. The highest BCUT2D eigenvalue weighted by atomic mass is 32.2. The van der Waals surface area contributed by atoms with E-state index in [0.29, 0.717) is 11.3 Å². The lowest BCUT2D eigenvalue weighted by molar-refractivity contribution is 0.405. The van der Waals surface area contributed by atoms with E-state index in [2.05, 4.69) is 0 Å². The Balaban J connectivity index is 2.37. The number of para-hydroxylation sites is 1. The van der Waals surface area contributed by atoms with Crippen LogP contribution >= 0.6 is 11.8 Å². The molecule has 2 nitrogen and oxygen atoms in total. The monoisotopic (exact) mass is 291 g/mol. The van der Waals surface area contributed by atoms with Gasteiger partial charge < -0.3 is 10.5 Å². The number of hydrogen-bond donors (Lipinski definition) is 1. The van der Waals surface area contributed by atoms with Crippen LogP contribution in [-0.4, -0.2) is 13.2 Å². The number of benzene rings is 2. The molecular formula is C16H18FNOS. The zero-order chi connectivity index (χ0) is 14.5. The Hall–Kier alpha value is -1.52. The van der Waals surface area contributed by atoms with Crippen molar-refractivity contribution in [2.24, 2.45) is 5.73 Å². The van der Waals surface area contributed by atoms with Gasteiger partial charge in [0.15, 0.2) is 0 Å². The number of ether oxygens (including phenoxy) is 1. The molecule has 0 spiro atoms. The molecule has 0 saturated heterocycles. The van der Waals surface area contributed by atoms with E-state index in [1.807, 2.05) is 37.3 Å². The summed E-state index contributed by atoms with van der Waals surface area (Å²) in [5.74, 6) is 0.520. The van der Waals surface area contributed by atoms with Crippen LogP contribution in [0.1, 0.15) is 12.5 Å². The lowest BCUT2D eigenvalue weighted by Gasteiger charge is -2.13. The molecule has 2 aromatic carbocycles. The van der Waals surface area contributed by atoms with Crippen LogP contribution in [0.15, 0.2) is 52.3 Å². The van der Waals surface area contributed by atoms with Crippen molar-refractivity contribution in [1.29, 1.82) is 0 Å². The van der Waals surface area contributed by atoms with Crippen LogP contribution in [0.4, 0.5) is 4.39 Å². The molecule has 4 heteroatoms. The Labute approximate surface area is 123 Å². The standard InChI is InChI=1S/C16H18FNOS/c1-11(18)10-12-6-5-7-13(17)16(12)20-15-9-4-3-8-14(15)19-2/h3-9,11H,10,18H2,1-2H3. The molecule has 2 rings (SSSR count). The van der Waals surface area contributed by atoms with Gasteiger partial charge >= 0.3 is 0 Å². The molecule has 0 radical (unpaired) electrons. The first-order valence-electron chi connectivity index (χ1n) is 6.45. The number of halogens is 1. The van der Waals surface area contributed by atoms with Crippen molar-refractivity contribution in [3.8, 4) is 5.75 Å². The molecule has 2 aromatic rings. The topological polar surface area (TPSA) is 35.2 Å². The summed E-state index contributed by atoms with van der Waals surface area (Å²) in [6.07, 6.45) is 0.648. The Kier molecular flexibility index (Phi) is 5.04. The average molecular weight is 291 g/mol. The number of methoxy groups -OCH3 is 1. The summed E-state index contributed by atoms with van der Waals surface area (Å²) in [7, 11) is 1.61. The van der Waals surface area contributed by atoms with E-state index in [1.54, 1.807) is 13.2 Å². The Morgan fingerprint density at radius 1 is 1.20 bits per heavy atom. The third-order valence-electron chi connectivity index (χ3n) is 2.87. The second-order valence-electron chi connectivity index (χ2n) is 4.66. The zero-order valence-electron chi connectivity index (χ0n) is 11.6. The van der Waals surface area contributed by atoms with Crippen LogP contribution in [-0.2, 0) is 6.42 Å². The van der Waals surface area contributed by atoms with Crippen molar-refractivity contribution in [2.75, 3.05) is 7.11 Å². The predicted molar refractivity (Wildman–Crippen MR) is 80.9 cm³/mol. The highest BCUT2D eigenvalue weighted by Crippen LogP contribution is 2.38. The van der Waals surface area contributed by atoms with Crippen LogP contribution in [0, 0.1) is 5.82 Å². The fourth-order valence-corrected chi connectivity index (χ4v) is 3.06. The quantitative estimate of drug-likeness (QED) is 0.908. The molecule has 0 amide bonds. The Bertz CT molecular complexity index is 586. The maximum absolute atomic E-state index is 14.1. The van der Waals surface area contributed by atoms with Gasteiger partial charge in [0.1, 0.15) is 11.6 Å².